The first kappa shape index (κ1) is 22.4. The number of carbonyl (C=O) groups is 1. The Bertz CT molecular complexity index is 816. The van der Waals surface area contributed by atoms with E-state index in [0.29, 0.717) is 5.92 Å². The van der Waals surface area contributed by atoms with E-state index in [2.05, 4.69) is 70.0 Å². The Hall–Kier alpha value is -2.25. The number of nitrogens with zero attached hydrogens (tertiary/aromatic N) is 4. The van der Waals surface area contributed by atoms with Gasteiger partial charge in [0, 0.05) is 39.7 Å². The number of ether oxygens (including phenoxy) is 1. The van der Waals surface area contributed by atoms with Crippen molar-refractivity contribution in [3.05, 3.63) is 47.0 Å². The number of hydrogen-bond donors (Lipinski definition) is 1. The number of rotatable bonds is 9. The van der Waals surface area contributed by atoms with E-state index in [0.717, 1.165) is 57.1 Å². The van der Waals surface area contributed by atoms with Gasteiger partial charge in [0.15, 0.2) is 5.82 Å². The molecule has 7 heteroatoms. The van der Waals surface area contributed by atoms with E-state index in [-0.39, 0.29) is 18.6 Å². The molecule has 7 nitrogen and oxygen atoms in total. The van der Waals surface area contributed by atoms with Gasteiger partial charge in [0.25, 0.3) is 0 Å². The van der Waals surface area contributed by atoms with E-state index >= 15 is 0 Å². The van der Waals surface area contributed by atoms with E-state index in [1.807, 2.05) is 0 Å². The Balaban J connectivity index is 1.69. The summed E-state index contributed by atoms with van der Waals surface area (Å²) < 4.78 is 7.19. The summed E-state index contributed by atoms with van der Waals surface area (Å²) in [6.45, 7) is 10.2. The standard InChI is InChI=1S/C23H35N5O2/c1-5-18-6-8-19(9-7-18)15-27-11-10-21-25-26-23(28(21)13-12-27)20(14-17(2)3)24-22(29)16-30-4/h6-9,17,20H,5,10-16H2,1-4H3,(H,24,29). The molecule has 30 heavy (non-hydrogen) atoms. The number of aryl methyl sites for hydroxylation is 1. The molecule has 2 aromatic rings. The molecule has 164 valence electrons. The SMILES string of the molecule is CCc1ccc(CN2CCc3nnc(C(CC(C)C)NC(=O)COC)n3CC2)cc1. The maximum atomic E-state index is 12.2. The summed E-state index contributed by atoms with van der Waals surface area (Å²) in [5.74, 6) is 2.17. The second-order valence-corrected chi connectivity index (χ2v) is 8.50. The molecule has 3 rings (SSSR count). The number of aromatic nitrogens is 3. The van der Waals surface area contributed by atoms with Crippen molar-refractivity contribution in [2.45, 2.75) is 59.2 Å². The van der Waals surface area contributed by atoms with Gasteiger partial charge < -0.3 is 14.6 Å². The van der Waals surface area contributed by atoms with Crippen molar-refractivity contribution < 1.29 is 9.53 Å². The topological polar surface area (TPSA) is 72.3 Å². The van der Waals surface area contributed by atoms with Gasteiger partial charge in [-0.3, -0.25) is 9.69 Å². The van der Waals surface area contributed by atoms with Crippen LogP contribution in [0.3, 0.4) is 0 Å². The molecule has 1 atom stereocenters. The summed E-state index contributed by atoms with van der Waals surface area (Å²) in [7, 11) is 1.53. The monoisotopic (exact) mass is 413 g/mol. The number of fused-ring (bicyclic) bond motifs is 1. The van der Waals surface area contributed by atoms with Gasteiger partial charge in [0.1, 0.15) is 12.4 Å². The van der Waals surface area contributed by atoms with E-state index in [1.54, 1.807) is 0 Å². The molecular formula is C23H35N5O2. The summed E-state index contributed by atoms with van der Waals surface area (Å²) in [6.07, 6.45) is 2.75. The molecule has 0 saturated heterocycles. The third-order valence-electron chi connectivity index (χ3n) is 5.61. The van der Waals surface area contributed by atoms with Gasteiger partial charge >= 0.3 is 0 Å². The van der Waals surface area contributed by atoms with E-state index in [4.69, 9.17) is 4.74 Å². The minimum Gasteiger partial charge on any atom is -0.375 e. The van der Waals surface area contributed by atoms with Crippen LogP contribution >= 0.6 is 0 Å². The zero-order valence-electron chi connectivity index (χ0n) is 18.7. The van der Waals surface area contributed by atoms with Gasteiger partial charge in [0.2, 0.25) is 5.91 Å². The number of methoxy groups -OCH3 is 1. The second-order valence-electron chi connectivity index (χ2n) is 8.50. The van der Waals surface area contributed by atoms with Crippen LogP contribution in [0.15, 0.2) is 24.3 Å². The van der Waals surface area contributed by atoms with Crippen LogP contribution in [0, 0.1) is 5.92 Å². The average Bonchev–Trinajstić information content (AvgIpc) is 3.02. The molecule has 1 aliphatic heterocycles. The minimum atomic E-state index is -0.151. The van der Waals surface area contributed by atoms with Crippen LogP contribution in [-0.2, 0) is 35.5 Å². The Labute approximate surface area is 179 Å². The summed E-state index contributed by atoms with van der Waals surface area (Å²) in [5, 5.41) is 12.0. The highest BCUT2D eigenvalue weighted by atomic mass is 16.5. The molecule has 1 unspecified atom stereocenters. The van der Waals surface area contributed by atoms with Crippen LogP contribution < -0.4 is 5.32 Å². The largest absolute Gasteiger partial charge is 0.375 e. The first-order valence-corrected chi connectivity index (χ1v) is 11.0. The molecule has 1 aromatic heterocycles. The molecule has 0 saturated carbocycles. The lowest BCUT2D eigenvalue weighted by atomic mass is 10.0. The number of nitrogens with one attached hydrogen (secondary N) is 1. The first-order valence-electron chi connectivity index (χ1n) is 11.0. The smallest absolute Gasteiger partial charge is 0.246 e. The van der Waals surface area contributed by atoms with Crippen LogP contribution in [0.1, 0.15) is 56.0 Å². The van der Waals surface area contributed by atoms with Crippen molar-refractivity contribution in [3.63, 3.8) is 0 Å². The molecule has 1 aromatic carbocycles. The van der Waals surface area contributed by atoms with Crippen molar-refractivity contribution >= 4 is 5.91 Å². The van der Waals surface area contributed by atoms with Gasteiger partial charge in [-0.05, 0) is 29.9 Å². The minimum absolute atomic E-state index is 0.0557. The van der Waals surface area contributed by atoms with E-state index < -0.39 is 0 Å². The lowest BCUT2D eigenvalue weighted by molar-refractivity contribution is -0.125. The molecule has 0 fully saturated rings. The van der Waals surface area contributed by atoms with Gasteiger partial charge in [-0.2, -0.15) is 0 Å². The Kier molecular flexibility index (Phi) is 7.99. The van der Waals surface area contributed by atoms with Crippen LogP contribution in [0.25, 0.3) is 0 Å². The Morgan fingerprint density at radius 1 is 1.13 bits per heavy atom. The van der Waals surface area contributed by atoms with Crippen molar-refractivity contribution in [2.75, 3.05) is 26.8 Å². The molecule has 2 heterocycles. The fourth-order valence-electron chi connectivity index (χ4n) is 4.01. The van der Waals surface area contributed by atoms with Crippen molar-refractivity contribution in [2.24, 2.45) is 5.92 Å². The summed E-state index contributed by atoms with van der Waals surface area (Å²) >= 11 is 0. The second kappa shape index (κ2) is 10.7. The average molecular weight is 414 g/mol. The summed E-state index contributed by atoms with van der Waals surface area (Å²) in [6, 6.07) is 8.76. The van der Waals surface area contributed by atoms with Gasteiger partial charge in [-0.1, -0.05) is 45.0 Å². The predicted octanol–water partition coefficient (Wildman–Crippen LogP) is 2.75. The highest BCUT2D eigenvalue weighted by Crippen LogP contribution is 2.22. The van der Waals surface area contributed by atoms with Crippen LogP contribution in [-0.4, -0.2) is 52.4 Å². The first-order chi connectivity index (χ1) is 14.5. The maximum Gasteiger partial charge on any atom is 0.246 e. The summed E-state index contributed by atoms with van der Waals surface area (Å²) in [5.41, 5.74) is 2.71. The number of carbonyl (C=O) groups excluding carboxylic acids is 1. The summed E-state index contributed by atoms with van der Waals surface area (Å²) in [4.78, 5) is 14.6. The normalized spacial score (nSPS) is 15.6. The molecular weight excluding hydrogens is 378 g/mol. The molecule has 0 bridgehead atoms. The number of amides is 1. The predicted molar refractivity (Wildman–Crippen MR) is 117 cm³/mol. The molecule has 1 amide bonds. The van der Waals surface area contributed by atoms with E-state index in [9.17, 15) is 4.79 Å². The third-order valence-corrected chi connectivity index (χ3v) is 5.61. The van der Waals surface area contributed by atoms with Gasteiger partial charge in [-0.15, -0.1) is 10.2 Å². The van der Waals surface area contributed by atoms with Crippen LogP contribution in [0.4, 0.5) is 0 Å². The molecule has 1 aliphatic rings. The van der Waals surface area contributed by atoms with E-state index in [1.165, 1.54) is 18.2 Å². The molecule has 0 spiro atoms. The lowest BCUT2D eigenvalue weighted by Crippen LogP contribution is -2.34. The lowest BCUT2D eigenvalue weighted by Gasteiger charge is -2.22. The molecule has 1 N–H and O–H groups in total. The molecule has 0 radical (unpaired) electrons. The van der Waals surface area contributed by atoms with Crippen molar-refractivity contribution in [1.29, 1.82) is 0 Å². The van der Waals surface area contributed by atoms with Gasteiger partial charge in [-0.25, -0.2) is 0 Å². The number of hydrogen-bond acceptors (Lipinski definition) is 5. The third kappa shape index (κ3) is 5.89. The number of benzene rings is 1. The highest BCUT2D eigenvalue weighted by Gasteiger charge is 2.26. The fraction of sp³-hybridized carbons (Fsp3) is 0.609. The fourth-order valence-corrected chi connectivity index (χ4v) is 4.01. The van der Waals surface area contributed by atoms with Crippen LogP contribution in [0.5, 0.6) is 0 Å². The maximum absolute atomic E-state index is 12.2. The van der Waals surface area contributed by atoms with Gasteiger partial charge in [0.05, 0.1) is 6.04 Å². The zero-order valence-corrected chi connectivity index (χ0v) is 18.7. The van der Waals surface area contributed by atoms with Crippen molar-refractivity contribution in [3.8, 4) is 0 Å². The highest BCUT2D eigenvalue weighted by molar-refractivity contribution is 5.77. The quantitative estimate of drug-likeness (QED) is 0.684. The Morgan fingerprint density at radius 2 is 1.87 bits per heavy atom. The molecule has 0 aliphatic carbocycles. The Morgan fingerprint density at radius 3 is 2.53 bits per heavy atom. The van der Waals surface area contributed by atoms with Crippen LogP contribution in [0.2, 0.25) is 0 Å². The zero-order chi connectivity index (χ0) is 21.5. The van der Waals surface area contributed by atoms with Crippen molar-refractivity contribution in [1.82, 2.24) is 25.0 Å².